The molecule has 1 aromatic rings. The molecular weight excluding hydrogens is 244 g/mol. The standard InChI is InChI=1S/C18H28N2/c1-3-10-19-16-7-8-17(13-16)20-11-4-5-15-12-14(2)6-9-18(15)20/h6,9,12,16-17,19H,3-5,7-8,10-11,13H2,1-2H3. The monoisotopic (exact) mass is 272 g/mol. The number of hydrogen-bond acceptors (Lipinski definition) is 2. The Bertz CT molecular complexity index is 455. The van der Waals surface area contributed by atoms with Crippen molar-refractivity contribution >= 4 is 5.69 Å². The largest absolute Gasteiger partial charge is 0.368 e. The lowest BCUT2D eigenvalue weighted by Gasteiger charge is -2.36. The normalized spacial score (nSPS) is 25.8. The molecule has 0 spiro atoms. The summed E-state index contributed by atoms with van der Waals surface area (Å²) in [4.78, 5) is 2.70. The zero-order chi connectivity index (χ0) is 13.9. The van der Waals surface area contributed by atoms with Crippen LogP contribution in [0.25, 0.3) is 0 Å². The van der Waals surface area contributed by atoms with Gasteiger partial charge >= 0.3 is 0 Å². The molecule has 1 fully saturated rings. The molecule has 2 unspecified atom stereocenters. The highest BCUT2D eigenvalue weighted by Crippen LogP contribution is 2.34. The third kappa shape index (κ3) is 2.85. The molecule has 0 amide bonds. The molecule has 0 radical (unpaired) electrons. The first-order valence-electron chi connectivity index (χ1n) is 8.37. The number of aryl methyl sites for hydroxylation is 2. The van der Waals surface area contributed by atoms with E-state index in [1.54, 1.807) is 5.56 Å². The number of nitrogens with zero attached hydrogens (tertiary/aromatic N) is 1. The van der Waals surface area contributed by atoms with Crippen molar-refractivity contribution in [2.45, 2.75) is 64.5 Å². The van der Waals surface area contributed by atoms with Gasteiger partial charge in [0.1, 0.15) is 0 Å². The van der Waals surface area contributed by atoms with Gasteiger partial charge in [-0.25, -0.2) is 0 Å². The van der Waals surface area contributed by atoms with Crippen LogP contribution in [-0.2, 0) is 6.42 Å². The molecule has 2 atom stereocenters. The highest BCUT2D eigenvalue weighted by Gasteiger charge is 2.31. The van der Waals surface area contributed by atoms with E-state index < -0.39 is 0 Å². The van der Waals surface area contributed by atoms with Crippen LogP contribution in [0.4, 0.5) is 5.69 Å². The van der Waals surface area contributed by atoms with Crippen molar-refractivity contribution in [2.24, 2.45) is 0 Å². The average Bonchev–Trinajstić information content (AvgIpc) is 2.92. The van der Waals surface area contributed by atoms with Gasteiger partial charge in [0.05, 0.1) is 0 Å². The maximum atomic E-state index is 3.71. The maximum Gasteiger partial charge on any atom is 0.0401 e. The predicted molar refractivity (Wildman–Crippen MR) is 86.6 cm³/mol. The van der Waals surface area contributed by atoms with Gasteiger partial charge < -0.3 is 10.2 Å². The number of anilines is 1. The van der Waals surface area contributed by atoms with Crippen LogP contribution in [0, 0.1) is 6.92 Å². The van der Waals surface area contributed by atoms with Gasteiger partial charge in [-0.1, -0.05) is 24.6 Å². The van der Waals surface area contributed by atoms with Gasteiger partial charge in [-0.3, -0.25) is 0 Å². The van der Waals surface area contributed by atoms with Crippen molar-refractivity contribution in [1.82, 2.24) is 5.32 Å². The Kier molecular flexibility index (Phi) is 4.30. The van der Waals surface area contributed by atoms with E-state index >= 15 is 0 Å². The summed E-state index contributed by atoms with van der Waals surface area (Å²) in [5, 5.41) is 3.71. The first-order chi connectivity index (χ1) is 9.78. The van der Waals surface area contributed by atoms with E-state index in [4.69, 9.17) is 0 Å². The van der Waals surface area contributed by atoms with Gasteiger partial charge in [-0.05, 0) is 63.6 Å². The Morgan fingerprint density at radius 2 is 2.20 bits per heavy atom. The van der Waals surface area contributed by atoms with Crippen LogP contribution in [0.2, 0.25) is 0 Å². The molecule has 2 heteroatoms. The minimum absolute atomic E-state index is 0.746. The second-order valence-electron chi connectivity index (χ2n) is 6.55. The topological polar surface area (TPSA) is 15.3 Å². The minimum Gasteiger partial charge on any atom is -0.368 e. The minimum atomic E-state index is 0.746. The van der Waals surface area contributed by atoms with Crippen LogP contribution in [0.15, 0.2) is 18.2 Å². The van der Waals surface area contributed by atoms with E-state index in [-0.39, 0.29) is 0 Å². The fourth-order valence-corrected chi connectivity index (χ4v) is 3.91. The van der Waals surface area contributed by atoms with Crippen molar-refractivity contribution in [3.8, 4) is 0 Å². The van der Waals surface area contributed by atoms with E-state index in [1.807, 2.05) is 0 Å². The zero-order valence-electron chi connectivity index (χ0n) is 13.0. The second-order valence-corrected chi connectivity index (χ2v) is 6.55. The van der Waals surface area contributed by atoms with Crippen molar-refractivity contribution in [3.63, 3.8) is 0 Å². The van der Waals surface area contributed by atoms with Crippen LogP contribution >= 0.6 is 0 Å². The van der Waals surface area contributed by atoms with Gasteiger partial charge in [0, 0.05) is 24.3 Å². The van der Waals surface area contributed by atoms with Crippen LogP contribution in [0.1, 0.15) is 50.2 Å². The summed E-state index contributed by atoms with van der Waals surface area (Å²) in [6.45, 7) is 6.89. The fraction of sp³-hybridized carbons (Fsp3) is 0.667. The van der Waals surface area contributed by atoms with E-state index in [1.165, 1.54) is 62.9 Å². The summed E-state index contributed by atoms with van der Waals surface area (Å²) in [6.07, 6.45) is 7.86. The molecule has 20 heavy (non-hydrogen) atoms. The smallest absolute Gasteiger partial charge is 0.0401 e. The van der Waals surface area contributed by atoms with Crippen molar-refractivity contribution in [1.29, 1.82) is 0 Å². The number of fused-ring (bicyclic) bond motifs is 1. The lowest BCUT2D eigenvalue weighted by molar-refractivity contribution is 0.503. The van der Waals surface area contributed by atoms with Gasteiger partial charge in [-0.15, -0.1) is 0 Å². The first-order valence-corrected chi connectivity index (χ1v) is 8.37. The summed E-state index contributed by atoms with van der Waals surface area (Å²) in [5.41, 5.74) is 4.49. The molecular formula is C18H28N2. The van der Waals surface area contributed by atoms with Gasteiger partial charge in [0.25, 0.3) is 0 Å². The number of hydrogen-bond donors (Lipinski definition) is 1. The molecule has 0 aromatic heterocycles. The molecule has 1 aromatic carbocycles. The van der Waals surface area contributed by atoms with Gasteiger partial charge in [0.15, 0.2) is 0 Å². The number of rotatable bonds is 4. The SMILES string of the molecule is CCCNC1CCC(N2CCCc3cc(C)ccc32)C1. The lowest BCUT2D eigenvalue weighted by atomic mass is 9.97. The lowest BCUT2D eigenvalue weighted by Crippen LogP contribution is -2.39. The number of benzene rings is 1. The highest BCUT2D eigenvalue weighted by atomic mass is 15.2. The van der Waals surface area contributed by atoms with Crippen LogP contribution in [0.5, 0.6) is 0 Å². The summed E-state index contributed by atoms with van der Waals surface area (Å²) in [6, 6.07) is 8.53. The highest BCUT2D eigenvalue weighted by molar-refractivity contribution is 5.57. The number of nitrogens with one attached hydrogen (secondary N) is 1. The Morgan fingerprint density at radius 3 is 3.05 bits per heavy atom. The van der Waals surface area contributed by atoms with E-state index in [2.05, 4.69) is 42.3 Å². The quantitative estimate of drug-likeness (QED) is 0.899. The predicted octanol–water partition coefficient (Wildman–Crippen LogP) is 3.67. The molecule has 1 aliphatic carbocycles. The molecule has 2 aliphatic rings. The Labute approximate surface area is 123 Å². The Morgan fingerprint density at radius 1 is 1.30 bits per heavy atom. The molecule has 0 bridgehead atoms. The average molecular weight is 272 g/mol. The van der Waals surface area contributed by atoms with Gasteiger partial charge in [-0.2, -0.15) is 0 Å². The second kappa shape index (κ2) is 6.17. The molecule has 0 saturated heterocycles. The zero-order valence-corrected chi connectivity index (χ0v) is 13.0. The molecule has 1 heterocycles. The maximum absolute atomic E-state index is 3.71. The van der Waals surface area contributed by atoms with Crippen molar-refractivity contribution < 1.29 is 0 Å². The van der Waals surface area contributed by atoms with E-state index in [0.29, 0.717) is 0 Å². The third-order valence-electron chi connectivity index (χ3n) is 4.92. The molecule has 1 N–H and O–H groups in total. The summed E-state index contributed by atoms with van der Waals surface area (Å²) >= 11 is 0. The van der Waals surface area contributed by atoms with E-state index in [0.717, 1.165) is 12.1 Å². The first kappa shape index (κ1) is 13.9. The Hall–Kier alpha value is -1.02. The summed E-state index contributed by atoms with van der Waals surface area (Å²) in [5.74, 6) is 0. The fourth-order valence-electron chi connectivity index (χ4n) is 3.91. The van der Waals surface area contributed by atoms with Crippen molar-refractivity contribution in [2.75, 3.05) is 18.0 Å². The molecule has 3 rings (SSSR count). The van der Waals surface area contributed by atoms with Crippen LogP contribution in [-0.4, -0.2) is 25.2 Å². The molecule has 110 valence electrons. The van der Waals surface area contributed by atoms with E-state index in [9.17, 15) is 0 Å². The summed E-state index contributed by atoms with van der Waals surface area (Å²) < 4.78 is 0. The van der Waals surface area contributed by atoms with Gasteiger partial charge in [0.2, 0.25) is 0 Å². The van der Waals surface area contributed by atoms with Crippen molar-refractivity contribution in [3.05, 3.63) is 29.3 Å². The third-order valence-corrected chi connectivity index (χ3v) is 4.92. The van der Waals surface area contributed by atoms with Crippen LogP contribution < -0.4 is 10.2 Å². The Balaban J connectivity index is 1.70. The molecule has 1 aliphatic heterocycles. The molecule has 2 nitrogen and oxygen atoms in total. The van der Waals surface area contributed by atoms with Crippen LogP contribution in [0.3, 0.4) is 0 Å². The molecule has 1 saturated carbocycles. The summed E-state index contributed by atoms with van der Waals surface area (Å²) in [7, 11) is 0.